The average molecular weight is 578 g/mol. The Morgan fingerprint density at radius 3 is 2.02 bits per heavy atom. The first kappa shape index (κ1) is 29.7. The van der Waals surface area contributed by atoms with E-state index in [0.717, 1.165) is 11.3 Å². The minimum atomic E-state index is -0.815. The van der Waals surface area contributed by atoms with Crippen LogP contribution in [0.3, 0.4) is 0 Å². The number of benzene rings is 3. The normalized spacial score (nSPS) is 14.1. The number of nitrogens with zero attached hydrogens (tertiary/aromatic N) is 2. The van der Waals surface area contributed by atoms with Gasteiger partial charge in [0.2, 0.25) is 5.91 Å². The standard InChI is InChI=1S/C31H36ClN5O4/c1-31(2,3)41-30(40)37-19-17-36(18-20-37)26-15-13-24(14-16-26)33-28(38)27(21-22-7-5-4-6-8-22)35-29(39)34-25-11-9-23(32)10-12-25/h4-16,27H,17-21H2,1-3H3,(H,33,38)(H2,34,35,39)/t27-/m0/s1. The molecule has 9 nitrogen and oxygen atoms in total. The molecule has 0 unspecified atom stereocenters. The van der Waals surface area contributed by atoms with E-state index in [4.69, 9.17) is 16.3 Å². The number of ether oxygens (including phenoxy) is 1. The molecule has 3 aromatic rings. The summed E-state index contributed by atoms with van der Waals surface area (Å²) in [6.45, 7) is 8.07. The number of hydrogen-bond acceptors (Lipinski definition) is 5. The van der Waals surface area contributed by atoms with Crippen LogP contribution in [-0.2, 0) is 16.0 Å². The van der Waals surface area contributed by atoms with Gasteiger partial charge in [-0.05, 0) is 74.9 Å². The Hall–Kier alpha value is -4.24. The largest absolute Gasteiger partial charge is 0.444 e. The van der Waals surface area contributed by atoms with Crippen LogP contribution in [0.1, 0.15) is 26.3 Å². The summed E-state index contributed by atoms with van der Waals surface area (Å²) in [6, 6.07) is 22.5. The number of carbonyl (C=O) groups is 3. The average Bonchev–Trinajstić information content (AvgIpc) is 2.94. The molecule has 10 heteroatoms. The molecule has 3 N–H and O–H groups in total. The van der Waals surface area contributed by atoms with Gasteiger partial charge in [0.15, 0.2) is 0 Å². The summed E-state index contributed by atoms with van der Waals surface area (Å²) in [5.74, 6) is -0.334. The number of carbonyl (C=O) groups excluding carboxylic acids is 3. The summed E-state index contributed by atoms with van der Waals surface area (Å²) in [5.41, 5.74) is 2.57. The molecule has 0 aromatic heterocycles. The second-order valence-corrected chi connectivity index (χ2v) is 11.3. The van der Waals surface area contributed by atoms with Crippen LogP contribution in [0.4, 0.5) is 26.7 Å². The molecule has 216 valence electrons. The van der Waals surface area contributed by atoms with Crippen LogP contribution in [0, 0.1) is 0 Å². The van der Waals surface area contributed by atoms with Gasteiger partial charge in [0, 0.05) is 54.7 Å². The van der Waals surface area contributed by atoms with Gasteiger partial charge in [-0.1, -0.05) is 41.9 Å². The second-order valence-electron chi connectivity index (χ2n) is 10.8. The van der Waals surface area contributed by atoms with E-state index in [-0.39, 0.29) is 12.0 Å². The van der Waals surface area contributed by atoms with Gasteiger partial charge >= 0.3 is 12.1 Å². The highest BCUT2D eigenvalue weighted by molar-refractivity contribution is 6.30. The molecule has 0 aliphatic carbocycles. The van der Waals surface area contributed by atoms with E-state index in [1.165, 1.54) is 0 Å². The van der Waals surface area contributed by atoms with Crippen LogP contribution in [0.15, 0.2) is 78.9 Å². The highest BCUT2D eigenvalue weighted by atomic mass is 35.5. The first-order chi connectivity index (χ1) is 19.6. The summed E-state index contributed by atoms with van der Waals surface area (Å²) in [6.07, 6.45) is 0.0245. The number of halogens is 1. The van der Waals surface area contributed by atoms with E-state index in [2.05, 4.69) is 20.9 Å². The highest BCUT2D eigenvalue weighted by Gasteiger charge is 2.26. The molecular weight excluding hydrogens is 542 g/mol. The van der Waals surface area contributed by atoms with Gasteiger partial charge in [0.05, 0.1) is 0 Å². The fourth-order valence-electron chi connectivity index (χ4n) is 4.38. The van der Waals surface area contributed by atoms with Crippen molar-refractivity contribution in [2.24, 2.45) is 0 Å². The third-order valence-electron chi connectivity index (χ3n) is 6.44. The lowest BCUT2D eigenvalue weighted by molar-refractivity contribution is -0.117. The number of nitrogens with one attached hydrogen (secondary N) is 3. The number of piperazine rings is 1. The molecule has 0 radical (unpaired) electrons. The SMILES string of the molecule is CC(C)(C)OC(=O)N1CCN(c2ccc(NC(=O)[C@H](Cc3ccccc3)NC(=O)Nc3ccc(Cl)cc3)cc2)CC1. The van der Waals surface area contributed by atoms with Crippen LogP contribution in [-0.4, -0.2) is 60.8 Å². The Labute approximate surface area is 245 Å². The van der Waals surface area contributed by atoms with Crippen LogP contribution in [0.2, 0.25) is 5.02 Å². The van der Waals surface area contributed by atoms with Crippen molar-refractivity contribution in [3.63, 3.8) is 0 Å². The van der Waals surface area contributed by atoms with Crippen molar-refractivity contribution in [3.8, 4) is 0 Å². The summed E-state index contributed by atoms with van der Waals surface area (Å²) < 4.78 is 5.48. The van der Waals surface area contributed by atoms with E-state index in [1.54, 1.807) is 29.2 Å². The zero-order chi connectivity index (χ0) is 29.4. The molecule has 1 fully saturated rings. The second kappa shape index (κ2) is 13.4. The Bertz CT molecular complexity index is 1320. The van der Waals surface area contributed by atoms with E-state index in [9.17, 15) is 14.4 Å². The summed E-state index contributed by atoms with van der Waals surface area (Å²) in [7, 11) is 0. The molecule has 0 bridgehead atoms. The summed E-state index contributed by atoms with van der Waals surface area (Å²) in [5, 5.41) is 9.02. The zero-order valence-corrected chi connectivity index (χ0v) is 24.3. The van der Waals surface area contributed by atoms with Crippen LogP contribution in [0.25, 0.3) is 0 Å². The predicted molar refractivity (Wildman–Crippen MR) is 163 cm³/mol. The van der Waals surface area contributed by atoms with E-state index >= 15 is 0 Å². The molecular formula is C31H36ClN5O4. The molecule has 1 atom stereocenters. The van der Waals surface area contributed by atoms with Gasteiger partial charge in [-0.2, -0.15) is 0 Å². The zero-order valence-electron chi connectivity index (χ0n) is 23.5. The lowest BCUT2D eigenvalue weighted by Gasteiger charge is -2.36. The molecule has 4 rings (SSSR count). The van der Waals surface area contributed by atoms with Gasteiger partial charge in [0.25, 0.3) is 0 Å². The van der Waals surface area contributed by atoms with Crippen LogP contribution in [0.5, 0.6) is 0 Å². The fourth-order valence-corrected chi connectivity index (χ4v) is 4.50. The van der Waals surface area contributed by atoms with Crippen molar-refractivity contribution in [1.29, 1.82) is 0 Å². The maximum absolute atomic E-state index is 13.3. The third-order valence-corrected chi connectivity index (χ3v) is 6.69. The predicted octanol–water partition coefficient (Wildman–Crippen LogP) is 5.77. The van der Waals surface area contributed by atoms with Gasteiger partial charge in [-0.15, -0.1) is 0 Å². The van der Waals surface area contributed by atoms with Crippen molar-refractivity contribution in [1.82, 2.24) is 10.2 Å². The first-order valence-electron chi connectivity index (χ1n) is 13.6. The summed E-state index contributed by atoms with van der Waals surface area (Å²) in [4.78, 5) is 42.3. The third kappa shape index (κ3) is 9.14. The number of rotatable bonds is 7. The lowest BCUT2D eigenvalue weighted by atomic mass is 10.1. The Morgan fingerprint density at radius 1 is 0.829 bits per heavy atom. The van der Waals surface area contributed by atoms with Crippen molar-refractivity contribution < 1.29 is 19.1 Å². The van der Waals surface area contributed by atoms with Crippen LogP contribution >= 0.6 is 11.6 Å². The summed E-state index contributed by atoms with van der Waals surface area (Å²) >= 11 is 5.93. The van der Waals surface area contributed by atoms with Gasteiger partial charge < -0.3 is 30.5 Å². The maximum atomic E-state index is 13.3. The topological polar surface area (TPSA) is 103 Å². The van der Waals surface area contributed by atoms with Gasteiger partial charge in [-0.25, -0.2) is 9.59 Å². The van der Waals surface area contributed by atoms with E-state index in [0.29, 0.717) is 49.0 Å². The first-order valence-corrected chi connectivity index (χ1v) is 13.9. The number of anilines is 3. The van der Waals surface area contributed by atoms with Gasteiger partial charge in [0.1, 0.15) is 11.6 Å². The molecule has 1 aliphatic heterocycles. The quantitative estimate of drug-likeness (QED) is 0.331. The molecule has 0 saturated carbocycles. The van der Waals surface area contributed by atoms with E-state index in [1.807, 2.05) is 75.4 Å². The van der Waals surface area contributed by atoms with Gasteiger partial charge in [-0.3, -0.25) is 4.79 Å². The minimum absolute atomic E-state index is 0.296. The smallest absolute Gasteiger partial charge is 0.410 e. The van der Waals surface area contributed by atoms with Crippen molar-refractivity contribution in [2.45, 2.75) is 38.8 Å². The Morgan fingerprint density at radius 2 is 1.41 bits per heavy atom. The highest BCUT2D eigenvalue weighted by Crippen LogP contribution is 2.21. The Kier molecular flexibility index (Phi) is 9.73. The molecule has 1 saturated heterocycles. The van der Waals surface area contributed by atoms with Crippen molar-refractivity contribution in [3.05, 3.63) is 89.4 Å². The monoisotopic (exact) mass is 577 g/mol. The molecule has 1 heterocycles. The van der Waals surface area contributed by atoms with Crippen LogP contribution < -0.4 is 20.9 Å². The fraction of sp³-hybridized carbons (Fsp3) is 0.323. The minimum Gasteiger partial charge on any atom is -0.444 e. The van der Waals surface area contributed by atoms with Crippen molar-refractivity contribution in [2.75, 3.05) is 41.7 Å². The molecule has 1 aliphatic rings. The molecule has 4 amide bonds. The maximum Gasteiger partial charge on any atom is 0.410 e. The molecule has 3 aromatic carbocycles. The van der Waals surface area contributed by atoms with E-state index < -0.39 is 17.7 Å². The number of urea groups is 1. The molecule has 41 heavy (non-hydrogen) atoms. The Balaban J connectivity index is 1.35. The van der Waals surface area contributed by atoms with Crippen molar-refractivity contribution >= 4 is 46.7 Å². The lowest BCUT2D eigenvalue weighted by Crippen LogP contribution is -2.50. The number of hydrogen-bond donors (Lipinski definition) is 3. The number of amides is 4. The molecule has 0 spiro atoms.